The average molecular weight is 293 g/mol. The molecule has 7 heteroatoms. The summed E-state index contributed by atoms with van der Waals surface area (Å²) in [7, 11) is 2.49. The van der Waals surface area contributed by atoms with Gasteiger partial charge in [-0.25, -0.2) is 13.2 Å². The molecule has 2 rings (SSSR count). The molecule has 1 aliphatic heterocycles. The number of fused-ring (bicyclic) bond motifs is 1. The van der Waals surface area contributed by atoms with Crippen molar-refractivity contribution in [2.75, 3.05) is 12.9 Å². The molecule has 0 radical (unpaired) electrons. The van der Waals surface area contributed by atoms with Gasteiger partial charge in [0.25, 0.3) is 9.05 Å². The van der Waals surface area contributed by atoms with Crippen molar-refractivity contribution in [3.05, 3.63) is 29.8 Å². The topological polar surface area (TPSA) is 60.4 Å². The fourth-order valence-corrected chi connectivity index (χ4v) is 5.39. The summed E-state index contributed by atoms with van der Waals surface area (Å²) >= 11 is 1.28. The predicted octanol–water partition coefficient (Wildman–Crippen LogP) is 1.73. The Morgan fingerprint density at radius 2 is 2.12 bits per heavy atom. The number of esters is 1. The molecule has 0 aromatic heterocycles. The Labute approximate surface area is 108 Å². The average Bonchev–Trinajstić information content (AvgIpc) is 2.68. The van der Waals surface area contributed by atoms with Gasteiger partial charge in [-0.3, -0.25) is 0 Å². The molecule has 0 spiro atoms. The van der Waals surface area contributed by atoms with E-state index in [0.717, 1.165) is 12.0 Å². The van der Waals surface area contributed by atoms with Crippen molar-refractivity contribution in [2.45, 2.75) is 9.64 Å². The highest BCUT2D eigenvalue weighted by Gasteiger charge is 2.57. The van der Waals surface area contributed by atoms with Crippen LogP contribution in [0.1, 0.15) is 5.56 Å². The van der Waals surface area contributed by atoms with Crippen molar-refractivity contribution in [3.63, 3.8) is 0 Å². The lowest BCUT2D eigenvalue weighted by Crippen LogP contribution is -2.42. The molecule has 0 bridgehead atoms. The van der Waals surface area contributed by atoms with E-state index in [0.29, 0.717) is 5.56 Å². The van der Waals surface area contributed by atoms with E-state index in [1.54, 1.807) is 24.3 Å². The first-order valence-electron chi connectivity index (χ1n) is 4.68. The maximum Gasteiger partial charge on any atom is 0.334 e. The molecular weight excluding hydrogens is 284 g/mol. The second-order valence-electron chi connectivity index (χ2n) is 3.54. The zero-order valence-electron chi connectivity index (χ0n) is 8.84. The first-order valence-corrected chi connectivity index (χ1v) is 7.98. The standard InChI is InChI=1S/C10H9ClO4S2/c1-15-9(12)10(17(11,13)14)6-16-8-5-3-2-4-7(8)10/h2-5H,6H2,1H3. The number of hydrogen-bond acceptors (Lipinski definition) is 5. The van der Waals surface area contributed by atoms with Crippen LogP contribution in [0.15, 0.2) is 29.2 Å². The van der Waals surface area contributed by atoms with Crippen LogP contribution in [0.4, 0.5) is 0 Å². The van der Waals surface area contributed by atoms with E-state index in [1.165, 1.54) is 11.8 Å². The van der Waals surface area contributed by atoms with E-state index in [4.69, 9.17) is 10.7 Å². The minimum Gasteiger partial charge on any atom is -0.468 e. The van der Waals surface area contributed by atoms with Crippen LogP contribution in [-0.2, 0) is 23.3 Å². The van der Waals surface area contributed by atoms with Crippen LogP contribution in [0.2, 0.25) is 0 Å². The fraction of sp³-hybridized carbons (Fsp3) is 0.300. The van der Waals surface area contributed by atoms with E-state index in [2.05, 4.69) is 4.74 Å². The number of methoxy groups -OCH3 is 1. The summed E-state index contributed by atoms with van der Waals surface area (Å²) in [5.74, 6) is -0.796. The molecule has 0 amide bonds. The van der Waals surface area contributed by atoms with Crippen molar-refractivity contribution < 1.29 is 17.9 Å². The number of halogens is 1. The lowest BCUT2D eigenvalue weighted by atomic mass is 10.0. The van der Waals surface area contributed by atoms with Gasteiger partial charge in [0.1, 0.15) is 0 Å². The number of ether oxygens (including phenoxy) is 1. The van der Waals surface area contributed by atoms with Crippen molar-refractivity contribution in [1.82, 2.24) is 0 Å². The summed E-state index contributed by atoms with van der Waals surface area (Å²) in [5.41, 5.74) is 0.395. The third-order valence-electron chi connectivity index (χ3n) is 2.68. The van der Waals surface area contributed by atoms with Crippen LogP contribution in [0.5, 0.6) is 0 Å². The zero-order valence-corrected chi connectivity index (χ0v) is 11.2. The highest BCUT2D eigenvalue weighted by atomic mass is 35.7. The van der Waals surface area contributed by atoms with Gasteiger partial charge >= 0.3 is 5.97 Å². The number of carbonyl (C=O) groups is 1. The second-order valence-corrected chi connectivity index (χ2v) is 7.35. The van der Waals surface area contributed by atoms with Crippen molar-refractivity contribution in [2.24, 2.45) is 0 Å². The number of hydrogen-bond donors (Lipinski definition) is 0. The fourth-order valence-electron chi connectivity index (χ4n) is 1.82. The lowest BCUT2D eigenvalue weighted by Gasteiger charge is -2.22. The van der Waals surface area contributed by atoms with Gasteiger partial charge in [-0.15, -0.1) is 11.8 Å². The number of thioether (sulfide) groups is 1. The molecule has 0 N–H and O–H groups in total. The van der Waals surface area contributed by atoms with Gasteiger partial charge in [-0.2, -0.15) is 0 Å². The number of carbonyl (C=O) groups excluding carboxylic acids is 1. The Hall–Kier alpha value is -0.720. The Bertz CT molecular complexity index is 569. The number of rotatable bonds is 2. The largest absolute Gasteiger partial charge is 0.468 e. The Kier molecular flexibility index (Phi) is 3.14. The van der Waals surface area contributed by atoms with Gasteiger partial charge in [0, 0.05) is 26.9 Å². The van der Waals surface area contributed by atoms with Crippen molar-refractivity contribution in [1.29, 1.82) is 0 Å². The van der Waals surface area contributed by atoms with Crippen LogP contribution in [-0.4, -0.2) is 27.2 Å². The maximum absolute atomic E-state index is 11.8. The molecule has 0 aliphatic carbocycles. The molecule has 0 saturated heterocycles. The van der Waals surface area contributed by atoms with Crippen LogP contribution in [0.3, 0.4) is 0 Å². The molecule has 17 heavy (non-hydrogen) atoms. The molecule has 0 saturated carbocycles. The van der Waals surface area contributed by atoms with Crippen molar-refractivity contribution in [3.8, 4) is 0 Å². The predicted molar refractivity (Wildman–Crippen MR) is 65.6 cm³/mol. The summed E-state index contributed by atoms with van der Waals surface area (Å²) in [6, 6.07) is 6.80. The second kappa shape index (κ2) is 4.19. The highest BCUT2D eigenvalue weighted by molar-refractivity contribution is 8.16. The van der Waals surface area contributed by atoms with Crippen LogP contribution < -0.4 is 0 Å². The lowest BCUT2D eigenvalue weighted by molar-refractivity contribution is -0.143. The summed E-state index contributed by atoms with van der Waals surface area (Å²) in [5, 5.41) is 0. The van der Waals surface area contributed by atoms with Gasteiger partial charge < -0.3 is 4.74 Å². The minimum absolute atomic E-state index is 0.0465. The maximum atomic E-state index is 11.8. The minimum atomic E-state index is -4.11. The molecule has 1 aliphatic rings. The van der Waals surface area contributed by atoms with Crippen LogP contribution in [0, 0.1) is 0 Å². The Morgan fingerprint density at radius 1 is 1.47 bits per heavy atom. The quantitative estimate of drug-likeness (QED) is 0.614. The number of benzene rings is 1. The normalized spacial score (nSPS) is 23.2. The highest BCUT2D eigenvalue weighted by Crippen LogP contribution is 2.49. The molecular formula is C10H9ClO4S2. The van der Waals surface area contributed by atoms with E-state index >= 15 is 0 Å². The molecule has 92 valence electrons. The first-order chi connectivity index (χ1) is 7.93. The molecule has 1 aromatic rings. The zero-order chi connectivity index (χ0) is 12.7. The van der Waals surface area contributed by atoms with Gasteiger partial charge in [0.2, 0.25) is 4.75 Å². The molecule has 1 atom stereocenters. The first kappa shape index (κ1) is 12.7. The third kappa shape index (κ3) is 1.75. The van der Waals surface area contributed by atoms with E-state index in [9.17, 15) is 13.2 Å². The Balaban J connectivity index is 2.72. The molecule has 1 heterocycles. The Morgan fingerprint density at radius 3 is 2.71 bits per heavy atom. The van der Waals surface area contributed by atoms with E-state index < -0.39 is 19.8 Å². The SMILES string of the molecule is COC(=O)C1(S(=O)(=O)Cl)CSc2ccccc21. The van der Waals surface area contributed by atoms with Gasteiger partial charge in [0.05, 0.1) is 7.11 Å². The summed E-state index contributed by atoms with van der Waals surface area (Å²) in [4.78, 5) is 12.6. The molecule has 0 fully saturated rings. The summed E-state index contributed by atoms with van der Waals surface area (Å²) < 4.78 is 26.4. The monoisotopic (exact) mass is 292 g/mol. The van der Waals surface area contributed by atoms with Crippen LogP contribution in [0.25, 0.3) is 0 Å². The molecule has 4 nitrogen and oxygen atoms in total. The smallest absolute Gasteiger partial charge is 0.334 e. The summed E-state index contributed by atoms with van der Waals surface area (Å²) in [6.45, 7) is 0. The van der Waals surface area contributed by atoms with Crippen LogP contribution >= 0.6 is 22.4 Å². The van der Waals surface area contributed by atoms with Crippen molar-refractivity contribution >= 4 is 37.5 Å². The van der Waals surface area contributed by atoms with E-state index in [1.807, 2.05) is 0 Å². The van der Waals surface area contributed by atoms with Gasteiger partial charge in [-0.1, -0.05) is 18.2 Å². The molecule has 1 unspecified atom stereocenters. The van der Waals surface area contributed by atoms with Gasteiger partial charge in [0.15, 0.2) is 0 Å². The molecule has 1 aromatic carbocycles. The van der Waals surface area contributed by atoms with Gasteiger partial charge in [-0.05, 0) is 6.07 Å². The third-order valence-corrected chi connectivity index (χ3v) is 6.27. The summed E-state index contributed by atoms with van der Waals surface area (Å²) in [6.07, 6.45) is 0. The van der Waals surface area contributed by atoms with E-state index in [-0.39, 0.29) is 5.75 Å².